The van der Waals surface area contributed by atoms with Gasteiger partial charge in [0, 0.05) is 19.7 Å². The van der Waals surface area contributed by atoms with Gasteiger partial charge in [-0.15, -0.1) is 0 Å². The van der Waals surface area contributed by atoms with Crippen LogP contribution in [0.4, 0.5) is 0 Å². The van der Waals surface area contributed by atoms with Gasteiger partial charge in [-0.1, -0.05) is 26.7 Å². The Morgan fingerprint density at radius 3 is 2.56 bits per heavy atom. The van der Waals surface area contributed by atoms with Gasteiger partial charge in [-0.3, -0.25) is 4.79 Å². The van der Waals surface area contributed by atoms with Crippen LogP contribution < -0.4 is 10.6 Å². The van der Waals surface area contributed by atoms with E-state index in [0.717, 1.165) is 19.4 Å². The summed E-state index contributed by atoms with van der Waals surface area (Å²) in [7, 11) is 1.76. The first-order valence-corrected chi connectivity index (χ1v) is 7.11. The molecule has 0 aromatic carbocycles. The molecule has 1 saturated carbocycles. The van der Waals surface area contributed by atoms with E-state index in [9.17, 15) is 4.79 Å². The maximum Gasteiger partial charge on any atom is 0.236 e. The first-order chi connectivity index (χ1) is 8.54. The minimum Gasteiger partial charge on any atom is -0.380 e. The summed E-state index contributed by atoms with van der Waals surface area (Å²) >= 11 is 0. The van der Waals surface area contributed by atoms with E-state index in [-0.39, 0.29) is 18.1 Å². The van der Waals surface area contributed by atoms with Crippen LogP contribution >= 0.6 is 0 Å². The van der Waals surface area contributed by atoms with Gasteiger partial charge in [0.25, 0.3) is 0 Å². The highest BCUT2D eigenvalue weighted by atomic mass is 16.5. The molecule has 0 radical (unpaired) electrons. The van der Waals surface area contributed by atoms with Gasteiger partial charge in [0.2, 0.25) is 5.91 Å². The number of carbonyl (C=O) groups is 1. The monoisotopic (exact) mass is 256 g/mol. The van der Waals surface area contributed by atoms with Gasteiger partial charge >= 0.3 is 0 Å². The fraction of sp³-hybridized carbons (Fsp3) is 0.929. The van der Waals surface area contributed by atoms with E-state index in [1.54, 1.807) is 7.11 Å². The van der Waals surface area contributed by atoms with Crippen LogP contribution in [-0.4, -0.2) is 37.7 Å². The molecule has 1 amide bonds. The number of hydrogen-bond acceptors (Lipinski definition) is 3. The first kappa shape index (κ1) is 15.4. The largest absolute Gasteiger partial charge is 0.380 e. The Morgan fingerprint density at radius 2 is 1.94 bits per heavy atom. The second kappa shape index (κ2) is 7.74. The lowest BCUT2D eigenvalue weighted by atomic mass is 9.92. The van der Waals surface area contributed by atoms with Gasteiger partial charge in [0.05, 0.1) is 12.1 Å². The van der Waals surface area contributed by atoms with Crippen molar-refractivity contribution in [2.75, 3.05) is 13.7 Å². The van der Waals surface area contributed by atoms with Gasteiger partial charge in [-0.25, -0.2) is 0 Å². The molecule has 0 aliphatic heterocycles. The number of nitrogens with one attached hydrogen (secondary N) is 2. The summed E-state index contributed by atoms with van der Waals surface area (Å²) < 4.78 is 5.49. The highest BCUT2D eigenvalue weighted by Crippen LogP contribution is 2.21. The predicted molar refractivity (Wildman–Crippen MR) is 73.5 cm³/mol. The molecule has 1 rings (SSSR count). The van der Waals surface area contributed by atoms with Crippen molar-refractivity contribution in [1.29, 1.82) is 0 Å². The lowest BCUT2D eigenvalue weighted by molar-refractivity contribution is -0.123. The fourth-order valence-corrected chi connectivity index (χ4v) is 2.42. The summed E-state index contributed by atoms with van der Waals surface area (Å²) in [6.45, 7) is 6.86. The molecule has 0 bridgehead atoms. The number of carbonyl (C=O) groups excluding carboxylic acids is 1. The van der Waals surface area contributed by atoms with Crippen LogP contribution in [0.25, 0.3) is 0 Å². The molecule has 1 aliphatic carbocycles. The van der Waals surface area contributed by atoms with Crippen molar-refractivity contribution < 1.29 is 9.53 Å². The van der Waals surface area contributed by atoms with Gasteiger partial charge in [-0.05, 0) is 25.7 Å². The predicted octanol–water partition coefficient (Wildman–Crippen LogP) is 1.69. The number of rotatable bonds is 6. The summed E-state index contributed by atoms with van der Waals surface area (Å²) in [6.07, 6.45) is 4.89. The van der Waals surface area contributed by atoms with Crippen molar-refractivity contribution in [3.05, 3.63) is 0 Å². The van der Waals surface area contributed by atoms with Crippen LogP contribution in [0, 0.1) is 5.92 Å². The zero-order valence-corrected chi connectivity index (χ0v) is 12.2. The van der Waals surface area contributed by atoms with Crippen LogP contribution in [-0.2, 0) is 9.53 Å². The van der Waals surface area contributed by atoms with Gasteiger partial charge in [0.15, 0.2) is 0 Å². The molecule has 0 aromatic rings. The van der Waals surface area contributed by atoms with Crippen LogP contribution in [0.3, 0.4) is 0 Å². The van der Waals surface area contributed by atoms with Crippen molar-refractivity contribution in [3.8, 4) is 0 Å². The van der Waals surface area contributed by atoms with E-state index >= 15 is 0 Å². The Balaban J connectivity index is 2.37. The lowest BCUT2D eigenvalue weighted by Crippen LogP contribution is -2.52. The van der Waals surface area contributed by atoms with E-state index in [1.807, 2.05) is 6.92 Å². The van der Waals surface area contributed by atoms with E-state index < -0.39 is 0 Å². The third-order valence-electron chi connectivity index (χ3n) is 3.55. The highest BCUT2D eigenvalue weighted by molar-refractivity contribution is 5.81. The molecule has 4 heteroatoms. The summed E-state index contributed by atoms with van der Waals surface area (Å²) in [4.78, 5) is 11.9. The Kier molecular flexibility index (Phi) is 6.65. The average Bonchev–Trinajstić information content (AvgIpc) is 2.36. The number of methoxy groups -OCH3 is 1. The van der Waals surface area contributed by atoms with Crippen molar-refractivity contribution >= 4 is 5.91 Å². The molecule has 3 unspecified atom stereocenters. The molecule has 2 N–H and O–H groups in total. The molecule has 0 spiro atoms. The van der Waals surface area contributed by atoms with Crippen LogP contribution in [0.5, 0.6) is 0 Å². The molecular formula is C14H28N2O2. The quantitative estimate of drug-likeness (QED) is 0.760. The smallest absolute Gasteiger partial charge is 0.236 e. The van der Waals surface area contributed by atoms with Gasteiger partial charge < -0.3 is 15.4 Å². The topological polar surface area (TPSA) is 50.4 Å². The molecule has 106 valence electrons. The maximum absolute atomic E-state index is 11.9. The molecule has 1 fully saturated rings. The molecule has 4 nitrogen and oxygen atoms in total. The summed E-state index contributed by atoms with van der Waals surface area (Å²) in [6, 6.07) is 0.160. The number of hydrogen-bond donors (Lipinski definition) is 2. The van der Waals surface area contributed by atoms with Crippen molar-refractivity contribution in [2.45, 2.75) is 64.6 Å². The van der Waals surface area contributed by atoms with E-state index in [1.165, 1.54) is 12.8 Å². The van der Waals surface area contributed by atoms with E-state index in [0.29, 0.717) is 12.0 Å². The second-order valence-corrected chi connectivity index (χ2v) is 5.69. The normalized spacial score (nSPS) is 26.1. The Bertz CT molecular complexity index is 256. The van der Waals surface area contributed by atoms with E-state index in [4.69, 9.17) is 4.74 Å². The molecular weight excluding hydrogens is 228 g/mol. The highest BCUT2D eigenvalue weighted by Gasteiger charge is 2.27. The molecule has 0 saturated heterocycles. The molecule has 1 aliphatic rings. The third kappa shape index (κ3) is 4.94. The molecule has 18 heavy (non-hydrogen) atoms. The maximum atomic E-state index is 11.9. The molecule has 0 heterocycles. The average molecular weight is 256 g/mol. The molecule has 3 atom stereocenters. The summed E-state index contributed by atoms with van der Waals surface area (Å²) in [5.41, 5.74) is 0. The standard InChI is InChI=1S/C14H28N2O2/c1-10(2)9-15-14(17)11(3)16-12-7-5-6-8-13(12)18-4/h10-13,16H,5-9H2,1-4H3,(H,15,17). The fourth-order valence-electron chi connectivity index (χ4n) is 2.42. The first-order valence-electron chi connectivity index (χ1n) is 7.11. The second-order valence-electron chi connectivity index (χ2n) is 5.69. The van der Waals surface area contributed by atoms with Crippen LogP contribution in [0.15, 0.2) is 0 Å². The van der Waals surface area contributed by atoms with Crippen molar-refractivity contribution in [1.82, 2.24) is 10.6 Å². The zero-order valence-electron chi connectivity index (χ0n) is 12.2. The Labute approximate surface area is 111 Å². The van der Waals surface area contributed by atoms with E-state index in [2.05, 4.69) is 24.5 Å². The van der Waals surface area contributed by atoms with Crippen LogP contribution in [0.2, 0.25) is 0 Å². The zero-order chi connectivity index (χ0) is 13.5. The minimum atomic E-state index is -0.149. The Hall–Kier alpha value is -0.610. The molecule has 0 aromatic heterocycles. The lowest BCUT2D eigenvalue weighted by Gasteiger charge is -2.33. The summed E-state index contributed by atoms with van der Waals surface area (Å²) in [5, 5.41) is 6.37. The van der Waals surface area contributed by atoms with Crippen molar-refractivity contribution in [3.63, 3.8) is 0 Å². The SMILES string of the molecule is COC1CCCCC1NC(C)C(=O)NCC(C)C. The summed E-state index contributed by atoms with van der Waals surface area (Å²) in [5.74, 6) is 0.576. The van der Waals surface area contributed by atoms with Crippen molar-refractivity contribution in [2.24, 2.45) is 5.92 Å². The third-order valence-corrected chi connectivity index (χ3v) is 3.55. The number of amides is 1. The van der Waals surface area contributed by atoms with Crippen LogP contribution in [0.1, 0.15) is 46.5 Å². The minimum absolute atomic E-state index is 0.0872. The Morgan fingerprint density at radius 1 is 1.28 bits per heavy atom. The number of ether oxygens (including phenoxy) is 1. The van der Waals surface area contributed by atoms with Gasteiger partial charge in [0.1, 0.15) is 0 Å². The van der Waals surface area contributed by atoms with Gasteiger partial charge in [-0.2, -0.15) is 0 Å².